The maximum atomic E-state index is 6.10. The van der Waals surface area contributed by atoms with Gasteiger partial charge in [0.25, 0.3) is 0 Å². The number of rotatable bonds is 6. The minimum atomic E-state index is -0.408. The molecule has 2 aromatic rings. The second kappa shape index (κ2) is 6.75. The van der Waals surface area contributed by atoms with E-state index in [1.807, 2.05) is 4.57 Å². The zero-order chi connectivity index (χ0) is 16.4. The smallest absolute Gasteiger partial charge is 0.167 e. The molecule has 0 bridgehead atoms. The third kappa shape index (κ3) is 2.65. The molecule has 0 aliphatic carbocycles. The Morgan fingerprint density at radius 1 is 1.17 bits per heavy atom. The second-order valence-electron chi connectivity index (χ2n) is 5.22. The van der Waals surface area contributed by atoms with Gasteiger partial charge in [-0.3, -0.25) is 4.57 Å². The van der Waals surface area contributed by atoms with Crippen LogP contribution in [0.25, 0.3) is 11.2 Å². The van der Waals surface area contributed by atoms with Crippen LogP contribution >= 0.6 is 0 Å². The number of imidazole rings is 1. The maximum Gasteiger partial charge on any atom is 0.167 e. The van der Waals surface area contributed by atoms with Crippen LogP contribution in [-0.4, -0.2) is 72.8 Å². The van der Waals surface area contributed by atoms with Crippen LogP contribution < -0.4 is 5.32 Å². The molecule has 23 heavy (non-hydrogen) atoms. The fourth-order valence-corrected chi connectivity index (χ4v) is 2.99. The molecular weight excluding hydrogens is 302 g/mol. The van der Waals surface area contributed by atoms with E-state index in [9.17, 15) is 0 Å². The number of nitrogens with one attached hydrogen (secondary N) is 1. The van der Waals surface area contributed by atoms with Crippen molar-refractivity contribution in [2.45, 2.75) is 24.5 Å². The molecule has 0 amide bonds. The van der Waals surface area contributed by atoms with Crippen molar-refractivity contribution in [3.05, 3.63) is 12.7 Å². The first kappa shape index (κ1) is 16.1. The van der Waals surface area contributed by atoms with Gasteiger partial charge in [-0.1, -0.05) is 0 Å². The lowest BCUT2D eigenvalue weighted by Crippen LogP contribution is -2.36. The molecule has 4 atom stereocenters. The van der Waals surface area contributed by atoms with E-state index in [-0.39, 0.29) is 18.3 Å². The Labute approximate surface area is 133 Å². The van der Waals surface area contributed by atoms with Crippen molar-refractivity contribution in [2.75, 3.05) is 40.3 Å². The average Bonchev–Trinajstić information content (AvgIpc) is 3.15. The molecule has 3 heterocycles. The number of hydrogen-bond donors (Lipinski definition) is 1. The summed E-state index contributed by atoms with van der Waals surface area (Å²) >= 11 is 0. The number of nitrogens with zero attached hydrogens (tertiary/aromatic N) is 4. The van der Waals surface area contributed by atoms with Gasteiger partial charge < -0.3 is 24.3 Å². The molecule has 1 aliphatic rings. The van der Waals surface area contributed by atoms with Gasteiger partial charge in [-0.25, -0.2) is 15.0 Å². The number of aromatic nitrogens is 4. The van der Waals surface area contributed by atoms with Gasteiger partial charge in [0.05, 0.1) is 12.9 Å². The Hall–Kier alpha value is -1.81. The highest BCUT2D eigenvalue weighted by Crippen LogP contribution is 2.35. The number of anilines is 1. The zero-order valence-corrected chi connectivity index (χ0v) is 13.6. The van der Waals surface area contributed by atoms with Crippen LogP contribution in [0.1, 0.15) is 6.23 Å². The van der Waals surface area contributed by atoms with Crippen molar-refractivity contribution in [2.24, 2.45) is 0 Å². The van der Waals surface area contributed by atoms with E-state index in [0.717, 1.165) is 0 Å². The van der Waals surface area contributed by atoms with E-state index in [1.165, 1.54) is 6.33 Å². The van der Waals surface area contributed by atoms with Crippen LogP contribution in [0.15, 0.2) is 12.7 Å². The fraction of sp³-hybridized carbons (Fsp3) is 0.643. The molecule has 126 valence electrons. The molecule has 1 aliphatic heterocycles. The minimum Gasteiger partial charge on any atom is -0.382 e. The van der Waals surface area contributed by atoms with Crippen molar-refractivity contribution >= 4 is 17.0 Å². The lowest BCUT2D eigenvalue weighted by atomic mass is 10.1. The SMILES string of the molecule is CNc1ncnc2c1ncn2C1OC(COC)C(OC)C1OC. The Bertz CT molecular complexity index is 664. The Morgan fingerprint density at radius 2 is 1.96 bits per heavy atom. The van der Waals surface area contributed by atoms with Crippen LogP contribution in [0.2, 0.25) is 0 Å². The normalized spacial score (nSPS) is 27.7. The molecule has 1 fully saturated rings. The highest BCUT2D eigenvalue weighted by molar-refractivity contribution is 5.82. The van der Waals surface area contributed by atoms with Gasteiger partial charge in [-0.05, 0) is 0 Å². The molecule has 3 rings (SSSR count). The highest BCUT2D eigenvalue weighted by Gasteiger charge is 2.46. The Balaban J connectivity index is 2.00. The zero-order valence-electron chi connectivity index (χ0n) is 13.6. The van der Waals surface area contributed by atoms with Crippen molar-refractivity contribution < 1.29 is 18.9 Å². The monoisotopic (exact) mass is 323 g/mol. The van der Waals surface area contributed by atoms with Gasteiger partial charge in [0.2, 0.25) is 0 Å². The summed E-state index contributed by atoms with van der Waals surface area (Å²) in [7, 11) is 6.69. The largest absolute Gasteiger partial charge is 0.382 e. The summed E-state index contributed by atoms with van der Waals surface area (Å²) in [4.78, 5) is 12.9. The molecule has 0 radical (unpaired) electrons. The summed E-state index contributed by atoms with van der Waals surface area (Å²) in [5, 5.41) is 3.00. The average molecular weight is 323 g/mol. The summed E-state index contributed by atoms with van der Waals surface area (Å²) in [5.74, 6) is 0.664. The van der Waals surface area contributed by atoms with Crippen molar-refractivity contribution in [3.63, 3.8) is 0 Å². The fourth-order valence-electron chi connectivity index (χ4n) is 2.99. The summed E-state index contributed by atoms with van der Waals surface area (Å²) < 4.78 is 24.3. The van der Waals surface area contributed by atoms with E-state index in [0.29, 0.717) is 23.6 Å². The molecule has 1 saturated heterocycles. The second-order valence-corrected chi connectivity index (χ2v) is 5.22. The predicted octanol–water partition coefficient (Wildman–Crippen LogP) is 0.442. The number of hydrogen-bond acceptors (Lipinski definition) is 8. The van der Waals surface area contributed by atoms with Crippen molar-refractivity contribution in [3.8, 4) is 0 Å². The van der Waals surface area contributed by atoms with Gasteiger partial charge in [-0.2, -0.15) is 0 Å². The van der Waals surface area contributed by atoms with Crippen LogP contribution in [-0.2, 0) is 18.9 Å². The van der Waals surface area contributed by atoms with E-state index in [4.69, 9.17) is 18.9 Å². The van der Waals surface area contributed by atoms with Gasteiger partial charge in [0, 0.05) is 28.4 Å². The first-order valence-electron chi connectivity index (χ1n) is 7.30. The molecule has 0 aromatic carbocycles. The van der Waals surface area contributed by atoms with Gasteiger partial charge in [0.1, 0.15) is 30.2 Å². The van der Waals surface area contributed by atoms with Crippen LogP contribution in [0.5, 0.6) is 0 Å². The van der Waals surface area contributed by atoms with Crippen LogP contribution in [0, 0.1) is 0 Å². The summed E-state index contributed by atoms with van der Waals surface area (Å²) in [6.45, 7) is 0.415. The van der Waals surface area contributed by atoms with E-state index in [1.54, 1.807) is 34.7 Å². The summed E-state index contributed by atoms with van der Waals surface area (Å²) in [5.41, 5.74) is 1.35. The van der Waals surface area contributed by atoms with Crippen LogP contribution in [0.3, 0.4) is 0 Å². The van der Waals surface area contributed by atoms with Crippen molar-refractivity contribution in [1.82, 2.24) is 19.5 Å². The molecular formula is C14H21N5O4. The number of fused-ring (bicyclic) bond motifs is 1. The van der Waals surface area contributed by atoms with E-state index < -0.39 is 6.23 Å². The molecule has 0 spiro atoms. The minimum absolute atomic E-state index is 0.233. The molecule has 1 N–H and O–H groups in total. The highest BCUT2D eigenvalue weighted by atomic mass is 16.6. The lowest BCUT2D eigenvalue weighted by molar-refractivity contribution is -0.0636. The maximum absolute atomic E-state index is 6.10. The summed E-state index contributed by atoms with van der Waals surface area (Å²) in [6, 6.07) is 0. The van der Waals surface area contributed by atoms with Crippen LogP contribution in [0.4, 0.5) is 5.82 Å². The predicted molar refractivity (Wildman–Crippen MR) is 82.2 cm³/mol. The van der Waals surface area contributed by atoms with Gasteiger partial charge >= 0.3 is 0 Å². The standard InChI is InChI=1S/C14H21N5O4/c1-15-12-9-13(17-6-16-12)19(7-18-9)14-11(22-4)10(21-3)8(23-14)5-20-2/h6-8,10-11,14H,5H2,1-4H3,(H,15,16,17). The topological polar surface area (TPSA) is 92.6 Å². The van der Waals surface area contributed by atoms with Crippen molar-refractivity contribution in [1.29, 1.82) is 0 Å². The third-order valence-corrected chi connectivity index (χ3v) is 4.03. The van der Waals surface area contributed by atoms with Gasteiger partial charge in [0.15, 0.2) is 17.7 Å². The van der Waals surface area contributed by atoms with E-state index >= 15 is 0 Å². The number of ether oxygens (including phenoxy) is 4. The molecule has 2 aromatic heterocycles. The molecule has 4 unspecified atom stereocenters. The third-order valence-electron chi connectivity index (χ3n) is 4.03. The number of methoxy groups -OCH3 is 3. The lowest BCUT2D eigenvalue weighted by Gasteiger charge is -2.21. The quantitative estimate of drug-likeness (QED) is 0.819. The first-order chi connectivity index (χ1) is 11.2. The first-order valence-corrected chi connectivity index (χ1v) is 7.30. The molecule has 9 nitrogen and oxygen atoms in total. The molecule has 9 heteroatoms. The van der Waals surface area contributed by atoms with Gasteiger partial charge in [-0.15, -0.1) is 0 Å². The van der Waals surface area contributed by atoms with E-state index in [2.05, 4.69) is 20.3 Å². The summed E-state index contributed by atoms with van der Waals surface area (Å²) in [6.07, 6.45) is 1.98. The Kier molecular flexibility index (Phi) is 4.71. The molecule has 0 saturated carbocycles. The Morgan fingerprint density at radius 3 is 2.61 bits per heavy atom.